The Morgan fingerprint density at radius 3 is 2.28 bits per heavy atom. The van der Waals surface area contributed by atoms with Gasteiger partial charge in [-0.3, -0.25) is 4.79 Å². The third-order valence-corrected chi connectivity index (χ3v) is 5.05. The Morgan fingerprint density at radius 1 is 0.920 bits per heavy atom. The van der Waals surface area contributed by atoms with E-state index in [0.29, 0.717) is 13.1 Å². The molecule has 130 valence electrons. The second-order valence-electron chi connectivity index (χ2n) is 7.06. The highest BCUT2D eigenvalue weighted by Crippen LogP contribution is 2.37. The third kappa shape index (κ3) is 3.95. The lowest BCUT2D eigenvalue weighted by atomic mass is 10.1. The maximum Gasteiger partial charge on any atom is 0.239 e. The number of anilines is 2. The van der Waals surface area contributed by atoms with E-state index in [1.54, 1.807) is 0 Å². The van der Waals surface area contributed by atoms with Crippen molar-refractivity contribution >= 4 is 17.3 Å². The summed E-state index contributed by atoms with van der Waals surface area (Å²) in [6.07, 6.45) is 2.73. The van der Waals surface area contributed by atoms with Crippen LogP contribution in [0.25, 0.3) is 0 Å². The van der Waals surface area contributed by atoms with Crippen LogP contribution in [0.15, 0.2) is 54.6 Å². The van der Waals surface area contributed by atoms with Crippen LogP contribution in [-0.4, -0.2) is 32.1 Å². The van der Waals surface area contributed by atoms with Crippen LogP contribution in [0.2, 0.25) is 0 Å². The van der Waals surface area contributed by atoms with Gasteiger partial charge in [0.1, 0.15) is 0 Å². The van der Waals surface area contributed by atoms with Gasteiger partial charge in [0, 0.05) is 26.2 Å². The van der Waals surface area contributed by atoms with E-state index in [9.17, 15) is 4.79 Å². The van der Waals surface area contributed by atoms with Gasteiger partial charge in [-0.15, -0.1) is 0 Å². The number of fused-ring (bicyclic) bond motifs is 1. The van der Waals surface area contributed by atoms with Crippen molar-refractivity contribution in [1.82, 2.24) is 5.32 Å². The molecule has 1 saturated carbocycles. The van der Waals surface area contributed by atoms with Gasteiger partial charge < -0.3 is 15.1 Å². The summed E-state index contributed by atoms with van der Waals surface area (Å²) >= 11 is 0. The van der Waals surface area contributed by atoms with E-state index in [1.807, 2.05) is 30.3 Å². The number of nitrogens with zero attached hydrogens (tertiary/aromatic N) is 2. The molecule has 25 heavy (non-hydrogen) atoms. The molecule has 0 aromatic heterocycles. The average Bonchev–Trinajstić information content (AvgIpc) is 3.47. The molecule has 1 amide bonds. The highest BCUT2D eigenvalue weighted by Gasteiger charge is 2.29. The first-order chi connectivity index (χ1) is 12.3. The second-order valence-corrected chi connectivity index (χ2v) is 7.06. The van der Waals surface area contributed by atoms with Crippen molar-refractivity contribution in [3.63, 3.8) is 0 Å². The van der Waals surface area contributed by atoms with E-state index in [-0.39, 0.29) is 5.91 Å². The molecule has 1 aliphatic heterocycles. The van der Waals surface area contributed by atoms with E-state index >= 15 is 0 Å². The van der Waals surface area contributed by atoms with Gasteiger partial charge in [0.05, 0.1) is 17.9 Å². The molecule has 2 aromatic rings. The maximum atomic E-state index is 12.4. The molecule has 0 radical (unpaired) electrons. The number of carbonyl (C=O) groups is 1. The molecular formula is C21H25N3O. The summed E-state index contributed by atoms with van der Waals surface area (Å²) in [5.41, 5.74) is 3.59. The number of nitrogens with one attached hydrogen (secondary N) is 1. The smallest absolute Gasteiger partial charge is 0.239 e. The van der Waals surface area contributed by atoms with E-state index < -0.39 is 0 Å². The first kappa shape index (κ1) is 16.0. The molecule has 1 heterocycles. The number of hydrogen-bond acceptors (Lipinski definition) is 3. The minimum Gasteiger partial charge on any atom is -0.368 e. The van der Waals surface area contributed by atoms with E-state index in [1.165, 1.54) is 24.2 Å². The summed E-state index contributed by atoms with van der Waals surface area (Å²) in [4.78, 5) is 17.1. The van der Waals surface area contributed by atoms with Crippen LogP contribution in [0.1, 0.15) is 18.4 Å². The molecular weight excluding hydrogens is 310 g/mol. The van der Waals surface area contributed by atoms with Crippen molar-refractivity contribution in [3.05, 3.63) is 60.2 Å². The van der Waals surface area contributed by atoms with Gasteiger partial charge in [-0.2, -0.15) is 0 Å². The van der Waals surface area contributed by atoms with Crippen LogP contribution in [0, 0.1) is 5.92 Å². The number of carbonyl (C=O) groups excluding carboxylic acids is 1. The zero-order valence-electron chi connectivity index (χ0n) is 14.5. The molecule has 1 fully saturated rings. The molecule has 0 bridgehead atoms. The summed E-state index contributed by atoms with van der Waals surface area (Å²) in [6, 6.07) is 18.5. The molecule has 2 aromatic carbocycles. The summed E-state index contributed by atoms with van der Waals surface area (Å²) in [5, 5.41) is 3.04. The molecule has 0 atom stereocenters. The Hall–Kier alpha value is -2.49. The summed E-state index contributed by atoms with van der Waals surface area (Å²) in [6.45, 7) is 4.07. The molecule has 1 aliphatic carbocycles. The minimum atomic E-state index is 0.0781. The summed E-state index contributed by atoms with van der Waals surface area (Å²) in [5.74, 6) is 0.947. The summed E-state index contributed by atoms with van der Waals surface area (Å²) < 4.78 is 0. The molecule has 2 aliphatic rings. The fourth-order valence-electron chi connectivity index (χ4n) is 3.47. The third-order valence-electron chi connectivity index (χ3n) is 5.05. The Kier molecular flexibility index (Phi) is 4.59. The predicted octanol–water partition coefficient (Wildman–Crippen LogP) is 3.04. The van der Waals surface area contributed by atoms with Gasteiger partial charge >= 0.3 is 0 Å². The van der Waals surface area contributed by atoms with Crippen molar-refractivity contribution in [1.29, 1.82) is 0 Å². The van der Waals surface area contributed by atoms with E-state index in [4.69, 9.17) is 0 Å². The molecule has 0 saturated heterocycles. The normalized spacial score (nSPS) is 16.5. The van der Waals surface area contributed by atoms with Crippen LogP contribution in [0.3, 0.4) is 0 Å². The van der Waals surface area contributed by atoms with Crippen LogP contribution >= 0.6 is 0 Å². The second kappa shape index (κ2) is 7.18. The Bertz CT molecular complexity index is 727. The standard InChI is InChI=1S/C21H25N3O/c25-21(22-14-17-6-2-1-3-7-17)16-24-13-12-23(15-18-10-11-18)19-8-4-5-9-20(19)24/h1-9,18H,10-16H2,(H,22,25). The zero-order valence-corrected chi connectivity index (χ0v) is 14.5. The molecule has 4 heteroatoms. The van der Waals surface area contributed by atoms with Crippen LogP contribution in [0.5, 0.6) is 0 Å². The van der Waals surface area contributed by atoms with Crippen LogP contribution < -0.4 is 15.1 Å². The monoisotopic (exact) mass is 335 g/mol. The Labute approximate surface area is 149 Å². The number of amides is 1. The molecule has 4 nitrogen and oxygen atoms in total. The zero-order chi connectivity index (χ0) is 17.1. The van der Waals surface area contributed by atoms with E-state index in [0.717, 1.165) is 31.1 Å². The highest BCUT2D eigenvalue weighted by atomic mass is 16.2. The fraction of sp³-hybridized carbons (Fsp3) is 0.381. The predicted molar refractivity (Wildman–Crippen MR) is 102 cm³/mol. The number of rotatable bonds is 6. The average molecular weight is 335 g/mol. The van der Waals surface area contributed by atoms with Crippen molar-refractivity contribution in [2.75, 3.05) is 36.0 Å². The lowest BCUT2D eigenvalue weighted by molar-refractivity contribution is -0.119. The first-order valence-electron chi connectivity index (χ1n) is 9.19. The van der Waals surface area contributed by atoms with E-state index in [2.05, 4.69) is 39.4 Å². The molecule has 0 spiro atoms. The van der Waals surface area contributed by atoms with Gasteiger partial charge in [0.25, 0.3) is 0 Å². The SMILES string of the molecule is O=C(CN1CCN(CC2CC2)c2ccccc21)NCc1ccccc1. The van der Waals surface area contributed by atoms with Gasteiger partial charge in [0.2, 0.25) is 5.91 Å². The van der Waals surface area contributed by atoms with Crippen molar-refractivity contribution < 1.29 is 4.79 Å². The van der Waals surface area contributed by atoms with Gasteiger partial charge in [0.15, 0.2) is 0 Å². The lowest BCUT2D eigenvalue weighted by Gasteiger charge is -2.38. The molecule has 4 rings (SSSR count). The lowest BCUT2D eigenvalue weighted by Crippen LogP contribution is -2.46. The maximum absolute atomic E-state index is 12.4. The molecule has 1 N–H and O–H groups in total. The number of benzene rings is 2. The van der Waals surface area contributed by atoms with Crippen LogP contribution in [-0.2, 0) is 11.3 Å². The fourth-order valence-corrected chi connectivity index (χ4v) is 3.47. The van der Waals surface area contributed by atoms with Gasteiger partial charge in [-0.05, 0) is 36.5 Å². The first-order valence-corrected chi connectivity index (χ1v) is 9.19. The Morgan fingerprint density at radius 2 is 1.56 bits per heavy atom. The van der Waals surface area contributed by atoms with Crippen molar-refractivity contribution in [2.24, 2.45) is 5.92 Å². The minimum absolute atomic E-state index is 0.0781. The molecule has 0 unspecified atom stereocenters. The van der Waals surface area contributed by atoms with Crippen molar-refractivity contribution in [2.45, 2.75) is 19.4 Å². The Balaban J connectivity index is 1.39. The summed E-state index contributed by atoms with van der Waals surface area (Å²) in [7, 11) is 0. The quantitative estimate of drug-likeness (QED) is 0.881. The number of hydrogen-bond donors (Lipinski definition) is 1. The van der Waals surface area contributed by atoms with Gasteiger partial charge in [-0.1, -0.05) is 42.5 Å². The van der Waals surface area contributed by atoms with Gasteiger partial charge in [-0.25, -0.2) is 0 Å². The highest BCUT2D eigenvalue weighted by molar-refractivity contribution is 5.84. The largest absolute Gasteiger partial charge is 0.368 e. The van der Waals surface area contributed by atoms with Crippen molar-refractivity contribution in [3.8, 4) is 0 Å². The number of para-hydroxylation sites is 2. The van der Waals surface area contributed by atoms with Crippen LogP contribution in [0.4, 0.5) is 11.4 Å². The topological polar surface area (TPSA) is 35.6 Å².